The number of carbonyl (C=O) groups is 1. The Hall–Kier alpha value is -3.77. The highest BCUT2D eigenvalue weighted by molar-refractivity contribution is 5.90. The van der Waals surface area contributed by atoms with Gasteiger partial charge in [-0.1, -0.05) is 11.6 Å². The number of hydrogen-bond donors (Lipinski definition) is 0. The fraction of sp³-hybridized carbons (Fsp3) is 0.0588. The smallest absolute Gasteiger partial charge is 0.410 e. The number of nitrogens with zero attached hydrogens (tertiary/aromatic N) is 2. The van der Waals surface area contributed by atoms with Crippen LogP contribution in [0.3, 0.4) is 0 Å². The first-order valence-corrected chi connectivity index (χ1v) is 7.00. The predicted molar refractivity (Wildman–Crippen MR) is 86.2 cm³/mol. The molecule has 0 bridgehead atoms. The van der Waals surface area contributed by atoms with E-state index in [9.17, 15) is 14.9 Å². The molecule has 0 unspecified atom stereocenters. The zero-order valence-electron chi connectivity index (χ0n) is 13.0. The summed E-state index contributed by atoms with van der Waals surface area (Å²) < 4.78 is 6.63. The maximum atomic E-state index is 12.2. The minimum absolute atomic E-state index is 0.0540. The van der Waals surface area contributed by atoms with Gasteiger partial charge in [-0.2, -0.15) is 9.59 Å². The van der Waals surface area contributed by atoms with Crippen molar-refractivity contribution in [3.63, 3.8) is 0 Å². The molecular formula is C17H12N2O6. The van der Waals surface area contributed by atoms with Crippen LogP contribution < -0.4 is 4.74 Å². The highest BCUT2D eigenvalue weighted by Gasteiger charge is 2.12. The Morgan fingerprint density at radius 1 is 1.12 bits per heavy atom. The predicted octanol–water partition coefficient (Wildman–Crippen LogP) is 3.32. The van der Waals surface area contributed by atoms with Gasteiger partial charge in [-0.25, -0.2) is 4.79 Å². The first-order chi connectivity index (χ1) is 12.0. The third kappa shape index (κ3) is 4.15. The molecule has 1 aromatic heterocycles. The van der Waals surface area contributed by atoms with E-state index < -0.39 is 11.0 Å². The summed E-state index contributed by atoms with van der Waals surface area (Å²) in [6.07, 6.45) is 1.32. The molecule has 0 saturated carbocycles. The molecule has 3 aromatic rings. The van der Waals surface area contributed by atoms with Crippen molar-refractivity contribution in [3.8, 4) is 5.75 Å². The number of nitro groups is 1. The Labute approximate surface area is 141 Å². The number of benzene rings is 2. The second-order valence-electron chi connectivity index (χ2n) is 4.95. The van der Waals surface area contributed by atoms with Gasteiger partial charge in [0.15, 0.2) is 0 Å². The van der Waals surface area contributed by atoms with Crippen LogP contribution in [-0.2, 0) is 9.59 Å². The number of nitro benzene ring substituents is 1. The molecule has 0 fully saturated rings. The lowest BCUT2D eigenvalue weighted by Gasteiger charge is -2.06. The SMILES string of the molecule is Cc1ccc2c(ccn2C(=O)Oc2ccc([N+](=O)[O-])cc2)c1.O=C=O. The van der Waals surface area contributed by atoms with E-state index in [1.165, 1.54) is 28.8 Å². The Kier molecular flexibility index (Phi) is 5.39. The van der Waals surface area contributed by atoms with E-state index in [1.807, 2.05) is 31.2 Å². The lowest BCUT2D eigenvalue weighted by Crippen LogP contribution is -2.15. The summed E-state index contributed by atoms with van der Waals surface area (Å²) in [5.41, 5.74) is 1.80. The second-order valence-corrected chi connectivity index (χ2v) is 4.95. The van der Waals surface area contributed by atoms with Crippen LogP contribution in [0.5, 0.6) is 5.75 Å². The van der Waals surface area contributed by atoms with Crippen LogP contribution in [0.4, 0.5) is 10.5 Å². The molecule has 8 nitrogen and oxygen atoms in total. The number of aromatic nitrogens is 1. The van der Waals surface area contributed by atoms with Gasteiger partial charge in [0.05, 0.1) is 10.4 Å². The summed E-state index contributed by atoms with van der Waals surface area (Å²) in [4.78, 5) is 38.5. The van der Waals surface area contributed by atoms with Crippen LogP contribution in [0.1, 0.15) is 5.56 Å². The monoisotopic (exact) mass is 340 g/mol. The zero-order chi connectivity index (χ0) is 18.4. The molecular weight excluding hydrogens is 328 g/mol. The molecule has 126 valence electrons. The fourth-order valence-electron chi connectivity index (χ4n) is 2.21. The Morgan fingerprint density at radius 3 is 2.36 bits per heavy atom. The summed E-state index contributed by atoms with van der Waals surface area (Å²) >= 11 is 0. The van der Waals surface area contributed by atoms with E-state index in [4.69, 9.17) is 14.3 Å². The average molecular weight is 340 g/mol. The van der Waals surface area contributed by atoms with E-state index in [2.05, 4.69) is 0 Å². The first kappa shape index (κ1) is 17.6. The van der Waals surface area contributed by atoms with E-state index in [-0.39, 0.29) is 17.6 Å². The molecule has 8 heteroatoms. The highest BCUT2D eigenvalue weighted by atomic mass is 16.6. The van der Waals surface area contributed by atoms with E-state index >= 15 is 0 Å². The number of rotatable bonds is 2. The number of carbonyl (C=O) groups excluding carboxylic acids is 3. The van der Waals surface area contributed by atoms with Crippen molar-refractivity contribution in [1.82, 2.24) is 4.57 Å². The molecule has 0 radical (unpaired) electrons. The fourth-order valence-corrected chi connectivity index (χ4v) is 2.21. The second kappa shape index (κ2) is 7.67. The molecule has 0 saturated heterocycles. The number of aryl methyl sites for hydroxylation is 1. The molecule has 0 aliphatic heterocycles. The first-order valence-electron chi connectivity index (χ1n) is 7.00. The molecule has 0 spiro atoms. The number of hydrogen-bond acceptors (Lipinski definition) is 6. The molecule has 1 heterocycles. The van der Waals surface area contributed by atoms with Crippen molar-refractivity contribution in [3.05, 3.63) is 70.4 Å². The maximum absolute atomic E-state index is 12.2. The molecule has 0 atom stereocenters. The van der Waals surface area contributed by atoms with Crippen molar-refractivity contribution in [2.75, 3.05) is 0 Å². The van der Waals surface area contributed by atoms with Gasteiger partial charge in [0.25, 0.3) is 5.69 Å². The summed E-state index contributed by atoms with van der Waals surface area (Å²) in [5, 5.41) is 11.5. The van der Waals surface area contributed by atoms with E-state index in [0.717, 1.165) is 16.5 Å². The van der Waals surface area contributed by atoms with Gasteiger partial charge < -0.3 is 4.74 Å². The van der Waals surface area contributed by atoms with Crippen LogP contribution in [-0.4, -0.2) is 21.7 Å². The topological polar surface area (TPSA) is 109 Å². The van der Waals surface area contributed by atoms with Gasteiger partial charge >= 0.3 is 12.2 Å². The van der Waals surface area contributed by atoms with Crippen LogP contribution in [0.2, 0.25) is 0 Å². The van der Waals surface area contributed by atoms with Crippen molar-refractivity contribution < 1.29 is 24.0 Å². The molecule has 2 aromatic carbocycles. The lowest BCUT2D eigenvalue weighted by molar-refractivity contribution is -0.384. The van der Waals surface area contributed by atoms with Crippen molar-refractivity contribution >= 4 is 28.8 Å². The lowest BCUT2D eigenvalue weighted by atomic mass is 10.2. The largest absolute Gasteiger partial charge is 0.423 e. The highest BCUT2D eigenvalue weighted by Crippen LogP contribution is 2.20. The summed E-state index contributed by atoms with van der Waals surface area (Å²) in [6.45, 7) is 1.98. The van der Waals surface area contributed by atoms with Gasteiger partial charge in [0, 0.05) is 23.7 Å². The molecule has 0 aliphatic carbocycles. The van der Waals surface area contributed by atoms with Crippen molar-refractivity contribution in [1.29, 1.82) is 0 Å². The summed E-state index contributed by atoms with van der Waals surface area (Å²) in [7, 11) is 0. The van der Waals surface area contributed by atoms with Gasteiger partial charge in [-0.15, -0.1) is 0 Å². The third-order valence-corrected chi connectivity index (χ3v) is 3.30. The van der Waals surface area contributed by atoms with Crippen molar-refractivity contribution in [2.24, 2.45) is 0 Å². The van der Waals surface area contributed by atoms with E-state index in [0.29, 0.717) is 0 Å². The summed E-state index contributed by atoms with van der Waals surface area (Å²) in [6, 6.07) is 12.9. The maximum Gasteiger partial charge on any atom is 0.423 e. The van der Waals surface area contributed by atoms with Gasteiger partial charge in [0.2, 0.25) is 0 Å². The minimum atomic E-state index is -0.562. The minimum Gasteiger partial charge on any atom is -0.410 e. The number of ether oxygens (including phenoxy) is 1. The van der Waals surface area contributed by atoms with Crippen LogP contribution in [0.15, 0.2) is 54.7 Å². The quantitative estimate of drug-likeness (QED) is 0.523. The molecule has 0 aliphatic rings. The number of non-ortho nitro benzene ring substituents is 1. The van der Waals surface area contributed by atoms with Crippen LogP contribution in [0.25, 0.3) is 10.9 Å². The van der Waals surface area contributed by atoms with Gasteiger partial charge in [0.1, 0.15) is 5.75 Å². The zero-order valence-corrected chi connectivity index (χ0v) is 13.0. The third-order valence-electron chi connectivity index (χ3n) is 3.30. The Morgan fingerprint density at radius 2 is 1.76 bits per heavy atom. The Balaban J connectivity index is 0.000000701. The van der Waals surface area contributed by atoms with E-state index in [1.54, 1.807) is 6.20 Å². The van der Waals surface area contributed by atoms with Gasteiger partial charge in [-0.3, -0.25) is 14.7 Å². The van der Waals surface area contributed by atoms with Crippen LogP contribution >= 0.6 is 0 Å². The molecule has 25 heavy (non-hydrogen) atoms. The molecule has 0 amide bonds. The Bertz CT molecular complexity index is 953. The summed E-state index contributed by atoms with van der Waals surface area (Å²) in [5.74, 6) is 0.254. The number of fused-ring (bicyclic) bond motifs is 1. The normalized spacial score (nSPS) is 9.64. The average Bonchev–Trinajstić information content (AvgIpc) is 2.99. The molecule has 3 rings (SSSR count). The standard InChI is InChI=1S/C16H12N2O4.CO2/c1-11-2-7-15-12(10-11)8-9-17(15)16(19)22-14-5-3-13(4-6-14)18(20)21;2-1-3/h2-10H,1H3;. The molecule has 0 N–H and O–H groups in total. The van der Waals surface area contributed by atoms with Crippen LogP contribution in [0, 0.1) is 17.0 Å². The van der Waals surface area contributed by atoms with Gasteiger partial charge in [-0.05, 0) is 37.3 Å². The van der Waals surface area contributed by atoms with Crippen molar-refractivity contribution in [2.45, 2.75) is 6.92 Å².